The molecule has 1 heterocycles. The molecule has 4 bridgehead atoms. The van der Waals surface area contributed by atoms with Gasteiger partial charge in [0.05, 0.1) is 31.2 Å². The highest BCUT2D eigenvalue weighted by Crippen LogP contribution is 2.24. The van der Waals surface area contributed by atoms with E-state index in [-0.39, 0.29) is 12.5 Å². The first kappa shape index (κ1) is 26.7. The van der Waals surface area contributed by atoms with Crippen molar-refractivity contribution in [3.63, 3.8) is 0 Å². The van der Waals surface area contributed by atoms with Gasteiger partial charge >= 0.3 is 0 Å². The predicted octanol–water partition coefficient (Wildman–Crippen LogP) is 3.02. The van der Waals surface area contributed by atoms with Crippen LogP contribution in [0.3, 0.4) is 0 Å². The normalized spacial score (nSPS) is 21.6. The zero-order valence-electron chi connectivity index (χ0n) is 20.7. The molecule has 2 aromatic rings. The fourth-order valence-corrected chi connectivity index (χ4v) is 5.29. The van der Waals surface area contributed by atoms with Gasteiger partial charge in [0.2, 0.25) is 10.0 Å². The van der Waals surface area contributed by atoms with Crippen molar-refractivity contribution in [2.24, 2.45) is 5.73 Å². The molecule has 0 saturated carbocycles. The van der Waals surface area contributed by atoms with Crippen molar-refractivity contribution in [3.8, 4) is 12.3 Å². The number of benzene rings is 2. The first-order valence-corrected chi connectivity index (χ1v) is 13.7. The number of anilines is 1. The molecule has 2 atom stereocenters. The summed E-state index contributed by atoms with van der Waals surface area (Å²) in [5, 5.41) is 2.91. The maximum absolute atomic E-state index is 13.2. The number of hydrogen-bond donors (Lipinski definition) is 2. The molecule has 8 heteroatoms. The van der Waals surface area contributed by atoms with Gasteiger partial charge in [-0.05, 0) is 67.5 Å². The summed E-state index contributed by atoms with van der Waals surface area (Å²) in [4.78, 5) is 13.2. The van der Waals surface area contributed by atoms with Gasteiger partial charge in [-0.1, -0.05) is 37.1 Å². The Balaban J connectivity index is 2.00. The van der Waals surface area contributed by atoms with Gasteiger partial charge in [-0.15, -0.1) is 6.42 Å². The quantitative estimate of drug-likeness (QED) is 0.633. The Hall–Kier alpha value is -2.86. The van der Waals surface area contributed by atoms with Crippen LogP contribution in [0.1, 0.15) is 53.7 Å². The van der Waals surface area contributed by atoms with E-state index in [2.05, 4.69) is 17.3 Å². The molecule has 0 unspecified atom stereocenters. The van der Waals surface area contributed by atoms with Crippen LogP contribution >= 0.6 is 0 Å². The molecule has 0 aliphatic carbocycles. The third-order valence-electron chi connectivity index (χ3n) is 5.88. The molecule has 0 fully saturated rings. The molecule has 188 valence electrons. The highest BCUT2D eigenvalue weighted by molar-refractivity contribution is 7.92. The fraction of sp³-hybridized carbons (Fsp3) is 0.444. The Morgan fingerprint density at radius 3 is 2.66 bits per heavy atom. The molecule has 1 aliphatic rings. The summed E-state index contributed by atoms with van der Waals surface area (Å²) in [6, 6.07) is 12.8. The van der Waals surface area contributed by atoms with E-state index in [1.807, 2.05) is 32.0 Å². The summed E-state index contributed by atoms with van der Waals surface area (Å²) < 4.78 is 32.2. The smallest absolute Gasteiger partial charge is 0.252 e. The van der Waals surface area contributed by atoms with E-state index in [0.29, 0.717) is 55.6 Å². The molecule has 3 N–H and O–H groups in total. The van der Waals surface area contributed by atoms with E-state index in [4.69, 9.17) is 16.9 Å². The number of carbonyl (C=O) groups is 1. The molecule has 1 aliphatic heterocycles. The van der Waals surface area contributed by atoms with Gasteiger partial charge in [-0.3, -0.25) is 9.10 Å². The van der Waals surface area contributed by atoms with Crippen molar-refractivity contribution < 1.29 is 17.9 Å². The number of ether oxygens (including phenoxy) is 1. The van der Waals surface area contributed by atoms with Gasteiger partial charge in [0.25, 0.3) is 5.91 Å². The second-order valence-electron chi connectivity index (χ2n) is 9.60. The van der Waals surface area contributed by atoms with Gasteiger partial charge in [-0.2, -0.15) is 0 Å². The van der Waals surface area contributed by atoms with E-state index in [9.17, 15) is 13.2 Å². The van der Waals surface area contributed by atoms with Crippen LogP contribution in [0.15, 0.2) is 42.5 Å². The van der Waals surface area contributed by atoms with Crippen molar-refractivity contribution in [2.75, 3.05) is 23.7 Å². The van der Waals surface area contributed by atoms with Crippen molar-refractivity contribution in [2.45, 2.75) is 57.7 Å². The first-order valence-electron chi connectivity index (χ1n) is 11.8. The van der Waals surface area contributed by atoms with Gasteiger partial charge in [0.1, 0.15) is 0 Å². The van der Waals surface area contributed by atoms with Gasteiger partial charge in [-0.25, -0.2) is 8.42 Å². The number of carbonyl (C=O) groups excluding carboxylic acids is 1. The number of nitrogens with two attached hydrogens (primary N) is 1. The molecule has 0 saturated heterocycles. The minimum absolute atomic E-state index is 0.184. The minimum atomic E-state index is -3.54. The molecular formula is C27H35N3O4S. The maximum atomic E-state index is 13.2. The standard InChI is InChI=1S/C27H35N3O4S/c1-5-12-30(35(4,32)33)25-15-22-14-23(16-25)26(31)29-24(6-2)11-10-20-8-7-9-21(13-20)17-27(3,28)19-34-18-22/h2,7-9,13-16,24H,5,10-12,17-19,28H2,1,3-4H3,(H,29,31)/t24-,27+/m0/s1. The summed E-state index contributed by atoms with van der Waals surface area (Å²) in [5.41, 5.74) is 9.60. The number of aryl methyl sites for hydroxylation is 1. The molecule has 0 radical (unpaired) electrons. The lowest BCUT2D eigenvalue weighted by molar-refractivity contribution is 0.0789. The van der Waals surface area contributed by atoms with Crippen LogP contribution in [-0.4, -0.2) is 45.3 Å². The summed E-state index contributed by atoms with van der Waals surface area (Å²) in [7, 11) is -3.54. The number of nitrogens with one attached hydrogen (secondary N) is 1. The number of amides is 1. The summed E-state index contributed by atoms with van der Waals surface area (Å²) in [6.07, 6.45) is 9.43. The highest BCUT2D eigenvalue weighted by atomic mass is 32.2. The Labute approximate surface area is 209 Å². The second kappa shape index (κ2) is 11.3. The number of terminal acetylenes is 1. The molecule has 7 nitrogen and oxygen atoms in total. The molecule has 1 amide bonds. The predicted molar refractivity (Wildman–Crippen MR) is 140 cm³/mol. The fourth-order valence-electron chi connectivity index (χ4n) is 4.29. The molecule has 3 rings (SSSR count). The largest absolute Gasteiger partial charge is 0.375 e. The molecule has 35 heavy (non-hydrogen) atoms. The van der Waals surface area contributed by atoms with Crippen molar-refractivity contribution in [1.82, 2.24) is 5.32 Å². The monoisotopic (exact) mass is 497 g/mol. The Kier molecular flexibility index (Phi) is 8.60. The van der Waals surface area contributed by atoms with E-state index in [0.717, 1.165) is 17.4 Å². The number of hydrogen-bond acceptors (Lipinski definition) is 5. The SMILES string of the molecule is C#C[C@H]1CCc2cccc(c2)C[C@@](C)(N)COCc2cc(cc(N(CCC)S(C)(=O)=O)c2)C(=O)N1. The van der Waals surface area contributed by atoms with Crippen LogP contribution in [0, 0.1) is 12.3 Å². The van der Waals surface area contributed by atoms with Crippen LogP contribution in [0.4, 0.5) is 5.69 Å². The summed E-state index contributed by atoms with van der Waals surface area (Å²) in [6.45, 7) is 4.63. The van der Waals surface area contributed by atoms with E-state index >= 15 is 0 Å². The number of rotatable bonds is 4. The van der Waals surface area contributed by atoms with E-state index in [1.165, 1.54) is 4.31 Å². The number of sulfonamides is 1. The van der Waals surface area contributed by atoms with Gasteiger partial charge in [0, 0.05) is 17.6 Å². The lowest BCUT2D eigenvalue weighted by Gasteiger charge is -2.26. The Bertz CT molecular complexity index is 1200. The third-order valence-corrected chi connectivity index (χ3v) is 7.08. The lowest BCUT2D eigenvalue weighted by Crippen LogP contribution is -2.43. The minimum Gasteiger partial charge on any atom is -0.375 e. The third kappa shape index (κ3) is 7.56. The van der Waals surface area contributed by atoms with Gasteiger partial charge < -0.3 is 15.8 Å². The topological polar surface area (TPSA) is 102 Å². The van der Waals surface area contributed by atoms with Crippen LogP contribution in [0.5, 0.6) is 0 Å². The first-order chi connectivity index (χ1) is 16.5. The molecule has 0 spiro atoms. The zero-order valence-corrected chi connectivity index (χ0v) is 21.5. The highest BCUT2D eigenvalue weighted by Gasteiger charge is 2.23. The Morgan fingerprint density at radius 2 is 1.97 bits per heavy atom. The van der Waals surface area contributed by atoms with Crippen LogP contribution in [-0.2, 0) is 34.2 Å². The van der Waals surface area contributed by atoms with Crippen LogP contribution in [0.25, 0.3) is 0 Å². The lowest BCUT2D eigenvalue weighted by atomic mass is 9.93. The average Bonchev–Trinajstić information content (AvgIpc) is 2.78. The van der Waals surface area contributed by atoms with Crippen molar-refractivity contribution >= 4 is 21.6 Å². The van der Waals surface area contributed by atoms with Gasteiger partial charge in [0.15, 0.2) is 0 Å². The van der Waals surface area contributed by atoms with Crippen LogP contribution < -0.4 is 15.4 Å². The van der Waals surface area contributed by atoms with Crippen molar-refractivity contribution in [1.29, 1.82) is 0 Å². The second-order valence-corrected chi connectivity index (χ2v) is 11.5. The van der Waals surface area contributed by atoms with Crippen LogP contribution in [0.2, 0.25) is 0 Å². The van der Waals surface area contributed by atoms with E-state index in [1.54, 1.807) is 18.2 Å². The number of nitrogens with zero attached hydrogens (tertiary/aromatic N) is 1. The summed E-state index contributed by atoms with van der Waals surface area (Å²) in [5.74, 6) is 2.31. The Morgan fingerprint density at radius 1 is 1.23 bits per heavy atom. The molecule has 0 aromatic heterocycles. The molecular weight excluding hydrogens is 462 g/mol. The summed E-state index contributed by atoms with van der Waals surface area (Å²) >= 11 is 0. The number of fused-ring (bicyclic) bond motifs is 4. The zero-order chi connectivity index (χ0) is 25.6. The van der Waals surface area contributed by atoms with Crippen molar-refractivity contribution in [3.05, 3.63) is 64.7 Å². The molecule has 2 aromatic carbocycles. The van der Waals surface area contributed by atoms with E-state index < -0.39 is 21.6 Å². The average molecular weight is 498 g/mol. The maximum Gasteiger partial charge on any atom is 0.252 e.